The fraction of sp³-hybridized carbons (Fsp3) is 0.565. The zero-order chi connectivity index (χ0) is 22.5. The monoisotopic (exact) mass is 460 g/mol. The molecule has 0 saturated carbocycles. The van der Waals surface area contributed by atoms with Gasteiger partial charge in [0.1, 0.15) is 0 Å². The summed E-state index contributed by atoms with van der Waals surface area (Å²) < 4.78 is 16.6. The number of thiocarbonyl (C=S) groups is 1. The summed E-state index contributed by atoms with van der Waals surface area (Å²) in [5.74, 6) is 1.35. The van der Waals surface area contributed by atoms with Crippen LogP contribution >= 0.6 is 12.2 Å². The molecule has 3 heterocycles. The Morgan fingerprint density at radius 1 is 1.19 bits per heavy atom. The van der Waals surface area contributed by atoms with Gasteiger partial charge in [0.15, 0.2) is 16.6 Å². The van der Waals surface area contributed by atoms with Crippen LogP contribution in [-0.4, -0.2) is 72.1 Å². The molecule has 2 aliphatic heterocycles. The number of aromatic nitrogens is 1. The molecule has 2 aromatic rings. The van der Waals surface area contributed by atoms with Gasteiger partial charge in [0.05, 0.1) is 18.2 Å². The van der Waals surface area contributed by atoms with Crippen LogP contribution in [0, 0.1) is 0 Å². The lowest BCUT2D eigenvalue weighted by molar-refractivity contribution is 0.113. The van der Waals surface area contributed by atoms with Gasteiger partial charge in [-0.15, -0.1) is 0 Å². The van der Waals surface area contributed by atoms with E-state index in [4.69, 9.17) is 26.4 Å². The van der Waals surface area contributed by atoms with E-state index in [0.717, 1.165) is 56.5 Å². The fourth-order valence-corrected chi connectivity index (χ4v) is 4.38. The van der Waals surface area contributed by atoms with Crippen LogP contribution in [0.1, 0.15) is 32.3 Å². The fourth-order valence-electron chi connectivity index (χ4n) is 4.14. The Morgan fingerprint density at radius 3 is 2.69 bits per heavy atom. The molecule has 0 amide bonds. The molecule has 1 atom stereocenters. The maximum Gasteiger partial charge on any atom is 0.253 e. The Hall–Kier alpha value is -2.36. The number of benzene rings is 1. The molecule has 1 aromatic carbocycles. The quantitative estimate of drug-likeness (QED) is 0.553. The van der Waals surface area contributed by atoms with Gasteiger partial charge < -0.3 is 34.3 Å². The molecule has 32 heavy (non-hydrogen) atoms. The molecule has 2 aliphatic rings. The van der Waals surface area contributed by atoms with Gasteiger partial charge in [-0.3, -0.25) is 4.79 Å². The maximum atomic E-state index is 12.9. The van der Waals surface area contributed by atoms with Crippen LogP contribution in [0.4, 0.5) is 0 Å². The van der Waals surface area contributed by atoms with Crippen molar-refractivity contribution in [2.24, 2.45) is 0 Å². The molecular weight excluding hydrogens is 428 g/mol. The predicted molar refractivity (Wildman–Crippen MR) is 128 cm³/mol. The van der Waals surface area contributed by atoms with Crippen LogP contribution in [0.2, 0.25) is 0 Å². The molecule has 1 fully saturated rings. The van der Waals surface area contributed by atoms with Gasteiger partial charge in [0.25, 0.3) is 5.56 Å². The second-order valence-electron chi connectivity index (χ2n) is 8.19. The predicted octanol–water partition coefficient (Wildman–Crippen LogP) is 2.45. The average Bonchev–Trinajstić information content (AvgIpc) is 3.47. The Balaban J connectivity index is 1.52. The molecular formula is C23H32N4O4S. The van der Waals surface area contributed by atoms with Crippen molar-refractivity contribution in [3.8, 4) is 11.5 Å². The second kappa shape index (κ2) is 10.5. The third-order valence-electron chi connectivity index (χ3n) is 6.15. The van der Waals surface area contributed by atoms with Crippen molar-refractivity contribution >= 4 is 28.2 Å². The minimum absolute atomic E-state index is 0.119. The van der Waals surface area contributed by atoms with Gasteiger partial charge in [-0.2, -0.15) is 0 Å². The summed E-state index contributed by atoms with van der Waals surface area (Å²) in [7, 11) is 0. The van der Waals surface area contributed by atoms with Gasteiger partial charge in [0, 0.05) is 43.3 Å². The molecule has 4 rings (SSSR count). The van der Waals surface area contributed by atoms with Crippen LogP contribution in [0.5, 0.6) is 11.5 Å². The lowest BCUT2D eigenvalue weighted by atomic mass is 10.1. The minimum atomic E-state index is -0.119. The van der Waals surface area contributed by atoms with Crippen molar-refractivity contribution < 1.29 is 14.2 Å². The summed E-state index contributed by atoms with van der Waals surface area (Å²) in [5, 5.41) is 4.92. The molecule has 8 nitrogen and oxygen atoms in total. The van der Waals surface area contributed by atoms with E-state index in [2.05, 4.69) is 33.9 Å². The largest absolute Gasteiger partial charge is 0.454 e. The molecule has 0 spiro atoms. The van der Waals surface area contributed by atoms with E-state index in [1.807, 2.05) is 18.2 Å². The first-order chi connectivity index (χ1) is 15.6. The standard InChI is InChI=1S/C23H32N4O4S/c1-3-26(4-2)7-8-27(23(32)24-13-18-6-5-9-29-18)14-17-10-16-11-20-21(31-15-30-20)12-19(16)25-22(17)28/h10-12,18H,3-9,13-15H2,1-2H3,(H,24,32)(H,25,28)/t18-/m0/s1. The van der Waals surface area contributed by atoms with E-state index < -0.39 is 0 Å². The highest BCUT2D eigenvalue weighted by Crippen LogP contribution is 2.35. The molecule has 0 aliphatic carbocycles. The first kappa shape index (κ1) is 22.8. The number of rotatable bonds is 9. The number of H-pyrrole nitrogens is 1. The number of hydrogen-bond donors (Lipinski definition) is 2. The number of ether oxygens (including phenoxy) is 3. The van der Waals surface area contributed by atoms with Gasteiger partial charge in [-0.25, -0.2) is 0 Å². The van der Waals surface area contributed by atoms with Gasteiger partial charge in [-0.1, -0.05) is 13.8 Å². The summed E-state index contributed by atoms with van der Waals surface area (Å²) >= 11 is 5.73. The number of aromatic amines is 1. The first-order valence-electron chi connectivity index (χ1n) is 11.4. The van der Waals surface area contributed by atoms with E-state index >= 15 is 0 Å². The number of likely N-dealkylation sites (N-methyl/N-ethyl adjacent to an activating group) is 1. The molecule has 1 saturated heterocycles. The minimum Gasteiger partial charge on any atom is -0.454 e. The third kappa shape index (κ3) is 5.33. The summed E-state index contributed by atoms with van der Waals surface area (Å²) in [6, 6.07) is 5.64. The molecule has 0 bridgehead atoms. The van der Waals surface area contributed by atoms with E-state index in [1.54, 1.807) is 0 Å². The van der Waals surface area contributed by atoms with Crippen LogP contribution in [0.3, 0.4) is 0 Å². The number of nitrogens with one attached hydrogen (secondary N) is 2. The van der Waals surface area contributed by atoms with Crippen molar-refractivity contribution in [2.75, 3.05) is 46.1 Å². The molecule has 174 valence electrons. The molecule has 0 radical (unpaired) electrons. The first-order valence-corrected chi connectivity index (χ1v) is 11.8. The zero-order valence-electron chi connectivity index (χ0n) is 18.8. The van der Waals surface area contributed by atoms with Crippen molar-refractivity contribution in [1.82, 2.24) is 20.1 Å². The molecule has 1 aromatic heterocycles. The maximum absolute atomic E-state index is 12.9. The van der Waals surface area contributed by atoms with E-state index in [0.29, 0.717) is 35.3 Å². The lowest BCUT2D eigenvalue weighted by Crippen LogP contribution is -2.46. The Labute approximate surface area is 193 Å². The highest BCUT2D eigenvalue weighted by molar-refractivity contribution is 7.80. The molecule has 2 N–H and O–H groups in total. The number of nitrogens with zero attached hydrogens (tertiary/aromatic N) is 2. The highest BCUT2D eigenvalue weighted by atomic mass is 32.1. The number of fused-ring (bicyclic) bond motifs is 2. The van der Waals surface area contributed by atoms with Crippen molar-refractivity contribution in [2.45, 2.75) is 39.3 Å². The Bertz CT molecular complexity index is 1000. The van der Waals surface area contributed by atoms with Crippen LogP contribution < -0.4 is 20.3 Å². The zero-order valence-corrected chi connectivity index (χ0v) is 19.6. The Kier molecular flexibility index (Phi) is 7.49. The SMILES string of the molecule is CCN(CC)CCN(Cc1cc2cc3c(cc2[nH]c1=O)OCO3)C(=S)NC[C@@H]1CCCO1. The van der Waals surface area contributed by atoms with Crippen LogP contribution in [-0.2, 0) is 11.3 Å². The lowest BCUT2D eigenvalue weighted by Gasteiger charge is -2.29. The number of hydrogen-bond acceptors (Lipinski definition) is 6. The smallest absolute Gasteiger partial charge is 0.253 e. The summed E-state index contributed by atoms with van der Waals surface area (Å²) in [6.45, 7) is 10.0. The summed E-state index contributed by atoms with van der Waals surface area (Å²) in [6.07, 6.45) is 2.34. The van der Waals surface area contributed by atoms with Gasteiger partial charge in [0.2, 0.25) is 6.79 Å². The van der Waals surface area contributed by atoms with Gasteiger partial charge in [-0.05, 0) is 50.3 Å². The highest BCUT2D eigenvalue weighted by Gasteiger charge is 2.20. The normalized spacial score (nSPS) is 17.3. The second-order valence-corrected chi connectivity index (χ2v) is 8.57. The van der Waals surface area contributed by atoms with Crippen molar-refractivity contribution in [3.05, 3.63) is 34.1 Å². The molecule has 9 heteroatoms. The van der Waals surface area contributed by atoms with E-state index in [1.165, 1.54) is 0 Å². The Morgan fingerprint density at radius 2 is 1.97 bits per heavy atom. The van der Waals surface area contributed by atoms with Crippen LogP contribution in [0.25, 0.3) is 10.9 Å². The number of pyridine rings is 1. The third-order valence-corrected chi connectivity index (χ3v) is 6.55. The van der Waals surface area contributed by atoms with Crippen molar-refractivity contribution in [3.63, 3.8) is 0 Å². The van der Waals surface area contributed by atoms with Crippen LogP contribution in [0.15, 0.2) is 23.0 Å². The molecule has 0 unspecified atom stereocenters. The van der Waals surface area contributed by atoms with Gasteiger partial charge >= 0.3 is 0 Å². The van der Waals surface area contributed by atoms with E-state index in [9.17, 15) is 4.79 Å². The summed E-state index contributed by atoms with van der Waals surface area (Å²) in [5.41, 5.74) is 1.28. The van der Waals surface area contributed by atoms with Crippen molar-refractivity contribution in [1.29, 1.82) is 0 Å². The average molecular weight is 461 g/mol. The summed E-state index contributed by atoms with van der Waals surface area (Å²) in [4.78, 5) is 20.3. The van der Waals surface area contributed by atoms with E-state index in [-0.39, 0.29) is 18.5 Å². The topological polar surface area (TPSA) is 79.1 Å².